The van der Waals surface area contributed by atoms with Gasteiger partial charge in [0.25, 0.3) is 5.91 Å². The third-order valence-corrected chi connectivity index (χ3v) is 4.20. The van der Waals surface area contributed by atoms with E-state index in [-0.39, 0.29) is 27.0 Å². The smallest absolute Gasteiger partial charge is 0.272 e. The number of aliphatic hydroxyl groups excluding tert-OH is 1. The Kier molecular flexibility index (Phi) is 5.60. The maximum absolute atomic E-state index is 12.6. The summed E-state index contributed by atoms with van der Waals surface area (Å²) in [6.07, 6.45) is 1.43. The number of amides is 1. The van der Waals surface area contributed by atoms with Crippen LogP contribution >= 0.6 is 23.2 Å². The normalized spacial score (nSPS) is 11.5. The van der Waals surface area contributed by atoms with Crippen molar-refractivity contribution in [2.75, 3.05) is 11.9 Å². The SMILES string of the molecule is Cc1c[nH]c(=O)cc1N(C)C(=O)/C(C#N)=C(\O)c1cc(Cl)c(O)c(Cl)c1. The van der Waals surface area contributed by atoms with Gasteiger partial charge in [0.05, 0.1) is 15.7 Å². The van der Waals surface area contributed by atoms with Gasteiger partial charge in [-0.2, -0.15) is 5.26 Å². The van der Waals surface area contributed by atoms with Gasteiger partial charge in [0.15, 0.2) is 11.3 Å². The minimum absolute atomic E-state index is 0.0151. The van der Waals surface area contributed by atoms with Crippen molar-refractivity contribution in [2.24, 2.45) is 0 Å². The molecular weight excluding hydrogens is 381 g/mol. The van der Waals surface area contributed by atoms with E-state index in [0.29, 0.717) is 5.56 Å². The highest BCUT2D eigenvalue weighted by molar-refractivity contribution is 6.37. The third-order valence-electron chi connectivity index (χ3n) is 3.62. The molecule has 0 aliphatic heterocycles. The van der Waals surface area contributed by atoms with Gasteiger partial charge in [-0.1, -0.05) is 23.2 Å². The van der Waals surface area contributed by atoms with Crippen molar-refractivity contribution < 1.29 is 15.0 Å². The largest absolute Gasteiger partial charge is 0.506 e. The quantitative estimate of drug-likeness (QED) is 0.420. The molecule has 9 heteroatoms. The summed E-state index contributed by atoms with van der Waals surface area (Å²) in [4.78, 5) is 27.7. The second-order valence-corrected chi connectivity index (χ2v) is 6.17. The first-order valence-corrected chi connectivity index (χ1v) is 7.92. The van der Waals surface area contributed by atoms with Crippen molar-refractivity contribution >= 4 is 40.6 Å². The molecule has 0 unspecified atom stereocenters. The summed E-state index contributed by atoms with van der Waals surface area (Å²) >= 11 is 11.6. The second-order valence-electron chi connectivity index (χ2n) is 5.35. The van der Waals surface area contributed by atoms with Gasteiger partial charge in [-0.05, 0) is 24.6 Å². The topological polar surface area (TPSA) is 117 Å². The van der Waals surface area contributed by atoms with Crippen molar-refractivity contribution in [3.8, 4) is 11.8 Å². The molecular formula is C17H13Cl2N3O4. The molecule has 26 heavy (non-hydrogen) atoms. The number of benzene rings is 1. The van der Waals surface area contributed by atoms with Gasteiger partial charge in [-0.15, -0.1) is 0 Å². The van der Waals surface area contributed by atoms with Gasteiger partial charge >= 0.3 is 0 Å². The molecule has 0 saturated carbocycles. The molecule has 1 aromatic heterocycles. The van der Waals surface area contributed by atoms with E-state index >= 15 is 0 Å². The van der Waals surface area contributed by atoms with Crippen LogP contribution in [0, 0.1) is 18.3 Å². The number of halogens is 2. The van der Waals surface area contributed by atoms with Gasteiger partial charge in [-0.3, -0.25) is 9.59 Å². The van der Waals surface area contributed by atoms with Crippen LogP contribution in [0.1, 0.15) is 11.1 Å². The van der Waals surface area contributed by atoms with Crippen LogP contribution in [0.4, 0.5) is 5.69 Å². The van der Waals surface area contributed by atoms with E-state index in [0.717, 1.165) is 4.90 Å². The van der Waals surface area contributed by atoms with E-state index < -0.39 is 22.8 Å². The summed E-state index contributed by atoms with van der Waals surface area (Å²) in [7, 11) is 1.37. The first-order valence-electron chi connectivity index (χ1n) is 7.16. The molecule has 0 aliphatic rings. The summed E-state index contributed by atoms with van der Waals surface area (Å²) in [6.45, 7) is 1.67. The second kappa shape index (κ2) is 7.52. The van der Waals surface area contributed by atoms with Gasteiger partial charge in [0.1, 0.15) is 11.8 Å². The molecule has 1 heterocycles. The van der Waals surface area contributed by atoms with Crippen LogP contribution in [-0.4, -0.2) is 28.2 Å². The number of carbonyl (C=O) groups excluding carboxylic acids is 1. The maximum atomic E-state index is 12.6. The Hall–Kier alpha value is -2.95. The summed E-state index contributed by atoms with van der Waals surface area (Å²) < 4.78 is 0. The first kappa shape index (κ1) is 19.4. The number of aromatic amines is 1. The van der Waals surface area contributed by atoms with E-state index in [1.165, 1.54) is 31.4 Å². The van der Waals surface area contributed by atoms with Crippen molar-refractivity contribution in [2.45, 2.75) is 6.92 Å². The number of aliphatic hydroxyl groups is 1. The molecule has 134 valence electrons. The fourth-order valence-corrected chi connectivity index (χ4v) is 2.71. The van der Waals surface area contributed by atoms with Crippen molar-refractivity contribution in [1.29, 1.82) is 5.26 Å². The predicted molar refractivity (Wildman–Crippen MR) is 98.5 cm³/mol. The Morgan fingerprint density at radius 2 is 1.85 bits per heavy atom. The molecule has 1 amide bonds. The lowest BCUT2D eigenvalue weighted by Crippen LogP contribution is -2.29. The fraction of sp³-hybridized carbons (Fsp3) is 0.118. The number of nitriles is 1. The summed E-state index contributed by atoms with van der Waals surface area (Å²) in [5.74, 6) is -1.87. The van der Waals surface area contributed by atoms with Crippen LogP contribution in [0.25, 0.3) is 5.76 Å². The standard InChI is InChI=1S/C17H13Cl2N3O4/c1-8-7-21-14(23)5-13(8)22(2)17(26)10(6-20)15(24)9-3-11(18)16(25)12(19)4-9/h3-5,7,24-25H,1-2H3,(H,21,23)/b15-10-. The van der Waals surface area contributed by atoms with E-state index in [9.17, 15) is 25.1 Å². The number of aromatic nitrogens is 1. The lowest BCUT2D eigenvalue weighted by molar-refractivity contribution is -0.114. The Labute approximate surface area is 158 Å². The molecule has 0 aliphatic carbocycles. The van der Waals surface area contributed by atoms with Crippen LogP contribution in [0.3, 0.4) is 0 Å². The number of rotatable bonds is 3. The van der Waals surface area contributed by atoms with Crippen LogP contribution in [0.5, 0.6) is 5.75 Å². The molecule has 0 spiro atoms. The number of anilines is 1. The first-order chi connectivity index (χ1) is 12.2. The Morgan fingerprint density at radius 3 is 2.38 bits per heavy atom. The molecule has 0 fully saturated rings. The predicted octanol–water partition coefficient (Wildman–Crippen LogP) is 3.15. The van der Waals surface area contributed by atoms with Crippen molar-refractivity contribution in [3.63, 3.8) is 0 Å². The Bertz CT molecular complexity index is 998. The zero-order chi connectivity index (χ0) is 19.6. The molecule has 0 bridgehead atoms. The van der Waals surface area contributed by atoms with E-state index in [1.54, 1.807) is 13.0 Å². The molecule has 2 rings (SSSR count). The van der Waals surface area contributed by atoms with Crippen LogP contribution in [0.15, 0.2) is 34.8 Å². The highest BCUT2D eigenvalue weighted by atomic mass is 35.5. The number of likely N-dealkylation sites (N-methyl/N-ethyl adjacent to an activating group) is 1. The van der Waals surface area contributed by atoms with Crippen molar-refractivity contribution in [3.05, 3.63) is 61.5 Å². The number of H-pyrrole nitrogens is 1. The average Bonchev–Trinajstić information content (AvgIpc) is 2.60. The highest BCUT2D eigenvalue weighted by Gasteiger charge is 2.23. The van der Waals surface area contributed by atoms with Gasteiger partial charge in [0.2, 0.25) is 5.56 Å². The van der Waals surface area contributed by atoms with Gasteiger partial charge in [-0.25, -0.2) is 0 Å². The van der Waals surface area contributed by atoms with E-state index in [1.807, 2.05) is 0 Å². The lowest BCUT2D eigenvalue weighted by Gasteiger charge is -2.19. The van der Waals surface area contributed by atoms with Crippen molar-refractivity contribution in [1.82, 2.24) is 4.98 Å². The molecule has 2 aromatic rings. The Balaban J connectivity index is 2.54. The molecule has 0 atom stereocenters. The monoisotopic (exact) mass is 393 g/mol. The minimum atomic E-state index is -0.834. The molecule has 7 nitrogen and oxygen atoms in total. The van der Waals surface area contributed by atoms with Gasteiger partial charge in [0, 0.05) is 24.9 Å². The number of phenols is 1. The number of pyridine rings is 1. The number of phenolic OH excluding ortho intramolecular Hbond substituents is 1. The van der Waals surface area contributed by atoms with E-state index in [2.05, 4.69) is 4.98 Å². The molecule has 1 aromatic carbocycles. The van der Waals surface area contributed by atoms with Crippen LogP contribution in [0.2, 0.25) is 10.0 Å². The zero-order valence-electron chi connectivity index (χ0n) is 13.7. The Morgan fingerprint density at radius 1 is 1.27 bits per heavy atom. The number of aryl methyl sites for hydroxylation is 1. The van der Waals surface area contributed by atoms with Crippen LogP contribution in [-0.2, 0) is 4.79 Å². The number of nitrogens with one attached hydrogen (secondary N) is 1. The highest BCUT2D eigenvalue weighted by Crippen LogP contribution is 2.35. The fourth-order valence-electron chi connectivity index (χ4n) is 2.22. The van der Waals surface area contributed by atoms with E-state index in [4.69, 9.17) is 23.2 Å². The molecule has 0 radical (unpaired) electrons. The third kappa shape index (κ3) is 3.67. The lowest BCUT2D eigenvalue weighted by atomic mass is 10.1. The molecule has 3 N–H and O–H groups in total. The maximum Gasteiger partial charge on any atom is 0.272 e. The minimum Gasteiger partial charge on any atom is -0.506 e. The number of hydrogen-bond acceptors (Lipinski definition) is 5. The number of carbonyl (C=O) groups is 1. The number of nitrogens with zero attached hydrogens (tertiary/aromatic N) is 2. The summed E-state index contributed by atoms with van der Waals surface area (Å²) in [5, 5.41) is 29.0. The zero-order valence-corrected chi connectivity index (χ0v) is 15.2. The van der Waals surface area contributed by atoms with Crippen LogP contribution < -0.4 is 10.5 Å². The summed E-state index contributed by atoms with van der Waals surface area (Å²) in [5.41, 5.74) is -0.146. The summed E-state index contributed by atoms with van der Waals surface area (Å²) in [6, 6.07) is 5.18. The molecule has 0 saturated heterocycles. The average molecular weight is 394 g/mol. The van der Waals surface area contributed by atoms with Gasteiger partial charge < -0.3 is 20.1 Å². The number of hydrogen-bond donors (Lipinski definition) is 3. The number of aromatic hydroxyl groups is 1.